The molecule has 1 saturated heterocycles. The molecule has 1 aliphatic heterocycles. The fourth-order valence-corrected chi connectivity index (χ4v) is 3.68. The van der Waals surface area contributed by atoms with Crippen LogP contribution in [0.5, 0.6) is 0 Å². The highest BCUT2D eigenvalue weighted by Crippen LogP contribution is 2.24. The highest BCUT2D eigenvalue weighted by atomic mass is 16.5. The predicted molar refractivity (Wildman–Crippen MR) is 89.7 cm³/mol. The Hall–Kier alpha value is -0.120. The van der Waals surface area contributed by atoms with Crippen molar-refractivity contribution >= 4 is 0 Å². The molecule has 124 valence electrons. The third-order valence-corrected chi connectivity index (χ3v) is 5.33. The van der Waals surface area contributed by atoms with Crippen molar-refractivity contribution in [1.29, 1.82) is 0 Å². The van der Waals surface area contributed by atoms with Crippen molar-refractivity contribution in [2.75, 3.05) is 26.2 Å². The van der Waals surface area contributed by atoms with Crippen LogP contribution in [0.4, 0.5) is 0 Å². The van der Waals surface area contributed by atoms with E-state index in [0.717, 1.165) is 26.2 Å². The summed E-state index contributed by atoms with van der Waals surface area (Å²) in [5.41, 5.74) is 0.335. The smallest absolute Gasteiger partial charge is 0.0597 e. The maximum atomic E-state index is 6.14. The van der Waals surface area contributed by atoms with Gasteiger partial charge in [0.2, 0.25) is 0 Å². The van der Waals surface area contributed by atoms with Gasteiger partial charge in [-0.25, -0.2) is 0 Å². The van der Waals surface area contributed by atoms with E-state index >= 15 is 0 Å². The first-order chi connectivity index (χ1) is 10.0. The lowest BCUT2D eigenvalue weighted by atomic mass is 9.84. The summed E-state index contributed by atoms with van der Waals surface area (Å²) in [4.78, 5) is 2.66. The second kappa shape index (κ2) is 7.94. The van der Waals surface area contributed by atoms with Crippen molar-refractivity contribution in [3.63, 3.8) is 0 Å². The second-order valence-corrected chi connectivity index (χ2v) is 8.01. The lowest BCUT2D eigenvalue weighted by molar-refractivity contribution is -0.00218. The topological polar surface area (TPSA) is 24.5 Å². The van der Waals surface area contributed by atoms with E-state index in [4.69, 9.17) is 4.74 Å². The van der Waals surface area contributed by atoms with Crippen LogP contribution in [-0.2, 0) is 4.74 Å². The zero-order valence-electron chi connectivity index (χ0n) is 14.7. The molecule has 2 aliphatic rings. The Balaban J connectivity index is 1.77. The van der Waals surface area contributed by atoms with Gasteiger partial charge in [0, 0.05) is 31.7 Å². The Bertz CT molecular complexity index is 294. The first-order valence-electron chi connectivity index (χ1n) is 9.09. The number of piperazine rings is 1. The number of hydrogen-bond donors (Lipinski definition) is 1. The highest BCUT2D eigenvalue weighted by molar-refractivity contribution is 4.91. The van der Waals surface area contributed by atoms with Crippen molar-refractivity contribution in [3.8, 4) is 0 Å². The minimum atomic E-state index is 0.335. The van der Waals surface area contributed by atoms with Crippen LogP contribution >= 0.6 is 0 Å². The molecule has 21 heavy (non-hydrogen) atoms. The zero-order valence-corrected chi connectivity index (χ0v) is 14.7. The Morgan fingerprint density at radius 1 is 1.14 bits per heavy atom. The summed E-state index contributed by atoms with van der Waals surface area (Å²) < 4.78 is 6.14. The van der Waals surface area contributed by atoms with E-state index in [0.29, 0.717) is 23.6 Å². The van der Waals surface area contributed by atoms with Crippen molar-refractivity contribution < 1.29 is 4.74 Å². The van der Waals surface area contributed by atoms with E-state index in [-0.39, 0.29) is 0 Å². The van der Waals surface area contributed by atoms with Gasteiger partial charge in [0.15, 0.2) is 0 Å². The molecule has 2 rings (SSSR count). The van der Waals surface area contributed by atoms with Gasteiger partial charge in [-0.05, 0) is 24.7 Å². The van der Waals surface area contributed by atoms with Crippen molar-refractivity contribution in [2.24, 2.45) is 5.41 Å². The van der Waals surface area contributed by atoms with Crippen LogP contribution < -0.4 is 5.32 Å². The molecule has 2 unspecified atom stereocenters. The summed E-state index contributed by atoms with van der Waals surface area (Å²) in [6, 6.07) is 1.27. The minimum Gasteiger partial charge on any atom is -0.377 e. The summed E-state index contributed by atoms with van der Waals surface area (Å²) in [5, 5.41) is 3.75. The molecule has 0 aromatic carbocycles. The van der Waals surface area contributed by atoms with Gasteiger partial charge in [-0.2, -0.15) is 0 Å². The molecule has 1 heterocycles. The lowest BCUT2D eigenvalue weighted by Crippen LogP contribution is -2.60. The molecule has 0 radical (unpaired) electrons. The van der Waals surface area contributed by atoms with E-state index in [2.05, 4.69) is 37.9 Å². The molecule has 2 fully saturated rings. The van der Waals surface area contributed by atoms with Crippen molar-refractivity contribution in [3.05, 3.63) is 0 Å². The molecule has 0 amide bonds. The molecule has 1 N–H and O–H groups in total. The van der Waals surface area contributed by atoms with E-state index in [9.17, 15) is 0 Å². The quantitative estimate of drug-likeness (QED) is 0.841. The average molecular weight is 296 g/mol. The standard InChI is InChI=1S/C18H36N2O/c1-5-15-13-19-17(18(2,3)4)14-20(15)11-12-21-16-9-7-6-8-10-16/h15-17,19H,5-14H2,1-4H3. The van der Waals surface area contributed by atoms with Gasteiger partial charge in [-0.3, -0.25) is 4.90 Å². The van der Waals surface area contributed by atoms with Crippen LogP contribution in [0.15, 0.2) is 0 Å². The van der Waals surface area contributed by atoms with E-state index in [1.807, 2.05) is 0 Å². The van der Waals surface area contributed by atoms with E-state index < -0.39 is 0 Å². The molecule has 0 aromatic heterocycles. The Kier molecular flexibility index (Phi) is 6.51. The van der Waals surface area contributed by atoms with E-state index in [1.165, 1.54) is 38.5 Å². The van der Waals surface area contributed by atoms with Gasteiger partial charge >= 0.3 is 0 Å². The monoisotopic (exact) mass is 296 g/mol. The molecule has 0 bridgehead atoms. The zero-order chi connectivity index (χ0) is 15.3. The van der Waals surface area contributed by atoms with Gasteiger partial charge in [-0.1, -0.05) is 47.0 Å². The first kappa shape index (κ1) is 17.2. The number of rotatable bonds is 5. The van der Waals surface area contributed by atoms with Gasteiger partial charge in [0.25, 0.3) is 0 Å². The van der Waals surface area contributed by atoms with Gasteiger partial charge in [0.05, 0.1) is 12.7 Å². The summed E-state index contributed by atoms with van der Waals surface area (Å²) in [6.45, 7) is 13.6. The van der Waals surface area contributed by atoms with Crippen molar-refractivity contribution in [1.82, 2.24) is 10.2 Å². The number of nitrogens with zero attached hydrogens (tertiary/aromatic N) is 1. The summed E-state index contributed by atoms with van der Waals surface area (Å²) >= 11 is 0. The van der Waals surface area contributed by atoms with Crippen LogP contribution in [0.2, 0.25) is 0 Å². The van der Waals surface area contributed by atoms with Crippen LogP contribution in [0, 0.1) is 5.41 Å². The third-order valence-electron chi connectivity index (χ3n) is 5.33. The maximum absolute atomic E-state index is 6.14. The highest BCUT2D eigenvalue weighted by Gasteiger charge is 2.33. The fourth-order valence-electron chi connectivity index (χ4n) is 3.68. The maximum Gasteiger partial charge on any atom is 0.0597 e. The molecule has 1 aliphatic carbocycles. The van der Waals surface area contributed by atoms with Crippen LogP contribution in [0.1, 0.15) is 66.2 Å². The second-order valence-electron chi connectivity index (χ2n) is 8.01. The minimum absolute atomic E-state index is 0.335. The molecule has 0 aromatic rings. The Labute approximate surface area is 131 Å². The van der Waals surface area contributed by atoms with Gasteiger partial charge in [-0.15, -0.1) is 0 Å². The molecule has 0 spiro atoms. The van der Waals surface area contributed by atoms with E-state index in [1.54, 1.807) is 0 Å². The average Bonchev–Trinajstić information content (AvgIpc) is 2.47. The molecule has 2 atom stereocenters. The predicted octanol–water partition coefficient (Wildman–Crippen LogP) is 3.43. The molecular weight excluding hydrogens is 260 g/mol. The van der Waals surface area contributed by atoms with Crippen LogP contribution in [0.25, 0.3) is 0 Å². The largest absolute Gasteiger partial charge is 0.377 e. The summed E-state index contributed by atoms with van der Waals surface area (Å²) in [5.74, 6) is 0. The lowest BCUT2D eigenvalue weighted by Gasteiger charge is -2.45. The van der Waals surface area contributed by atoms with Gasteiger partial charge < -0.3 is 10.1 Å². The Morgan fingerprint density at radius 2 is 1.86 bits per heavy atom. The number of hydrogen-bond acceptors (Lipinski definition) is 3. The summed E-state index contributed by atoms with van der Waals surface area (Å²) in [6.07, 6.45) is 8.47. The number of nitrogens with one attached hydrogen (secondary N) is 1. The van der Waals surface area contributed by atoms with Crippen LogP contribution in [-0.4, -0.2) is 49.3 Å². The summed E-state index contributed by atoms with van der Waals surface area (Å²) in [7, 11) is 0. The van der Waals surface area contributed by atoms with Crippen LogP contribution in [0.3, 0.4) is 0 Å². The third kappa shape index (κ3) is 5.22. The fraction of sp³-hybridized carbons (Fsp3) is 1.00. The molecule has 1 saturated carbocycles. The first-order valence-corrected chi connectivity index (χ1v) is 9.09. The van der Waals surface area contributed by atoms with Crippen molar-refractivity contribution in [2.45, 2.75) is 84.4 Å². The normalized spacial score (nSPS) is 29.7. The Morgan fingerprint density at radius 3 is 2.48 bits per heavy atom. The molecule has 3 heteroatoms. The molecule has 3 nitrogen and oxygen atoms in total. The number of ether oxygens (including phenoxy) is 1. The SMILES string of the molecule is CCC1CNC(C(C)(C)C)CN1CCOC1CCCCC1. The van der Waals surface area contributed by atoms with Gasteiger partial charge in [0.1, 0.15) is 0 Å². The molecular formula is C18H36N2O.